The molecule has 10 heteroatoms. The van der Waals surface area contributed by atoms with Crippen molar-refractivity contribution in [3.63, 3.8) is 0 Å². The topological polar surface area (TPSA) is 152 Å². The van der Waals surface area contributed by atoms with Crippen molar-refractivity contribution >= 4 is 30.2 Å². The first-order chi connectivity index (χ1) is 14.4. The summed E-state index contributed by atoms with van der Waals surface area (Å²) < 4.78 is 1.81. The van der Waals surface area contributed by atoms with Gasteiger partial charge >= 0.3 is 0 Å². The zero-order chi connectivity index (χ0) is 22.4. The van der Waals surface area contributed by atoms with Crippen LogP contribution in [0.5, 0.6) is 0 Å². The molecule has 1 aromatic carbocycles. The van der Waals surface area contributed by atoms with Crippen molar-refractivity contribution in [2.24, 2.45) is 21.5 Å². The number of amides is 1. The molecule has 1 amide bonds. The molecular formula is C20H29N7O3. The van der Waals surface area contributed by atoms with E-state index in [4.69, 9.17) is 16.6 Å². The summed E-state index contributed by atoms with van der Waals surface area (Å²) in [6, 6.07) is 11.5. The molecule has 10 nitrogen and oxygen atoms in total. The number of anilines is 1. The average molecular weight is 415 g/mol. The summed E-state index contributed by atoms with van der Waals surface area (Å²) in [5.41, 5.74) is 11.8. The van der Waals surface area contributed by atoms with Gasteiger partial charge in [0.15, 0.2) is 5.84 Å². The molecule has 30 heavy (non-hydrogen) atoms. The highest BCUT2D eigenvalue weighted by molar-refractivity contribution is 6.37. The number of aryl methyl sites for hydroxylation is 1. The van der Waals surface area contributed by atoms with Gasteiger partial charge in [0, 0.05) is 33.1 Å². The molecule has 0 bridgehead atoms. The number of aliphatic hydroxyl groups is 1. The van der Waals surface area contributed by atoms with E-state index in [1.807, 2.05) is 60.1 Å². The Morgan fingerprint density at radius 3 is 2.53 bits per heavy atom. The van der Waals surface area contributed by atoms with Crippen molar-refractivity contribution in [2.45, 2.75) is 32.5 Å². The van der Waals surface area contributed by atoms with Crippen molar-refractivity contribution in [3.8, 4) is 0 Å². The number of aliphatic hydroxyl groups excluding tert-OH is 1. The first-order valence-electron chi connectivity index (χ1n) is 9.32. The number of aldehydes is 1. The zero-order valence-electron chi connectivity index (χ0n) is 17.3. The van der Waals surface area contributed by atoms with Crippen LogP contribution in [-0.4, -0.2) is 53.3 Å². The molecule has 2 rings (SSSR count). The standard InChI is InChI=1S/C10H12N4O.C10H17N3O2/c11-9(10(12)15)14-7-13-6-8-4-2-1-3-5-8;1-12(2)10-7-9(8-15)11-13(10)5-3-4-6-14/h1-5,7H,6H2,(H2,12,15)(H2,11,13,14);6-7,15H,3-5,8H2,1-2H3. The lowest BCUT2D eigenvalue weighted by Gasteiger charge is -2.13. The Morgan fingerprint density at radius 1 is 1.27 bits per heavy atom. The summed E-state index contributed by atoms with van der Waals surface area (Å²) in [7, 11) is 3.85. The quantitative estimate of drug-likeness (QED) is 0.234. The number of carbonyl (C=O) groups excluding carboxylic acids is 2. The predicted molar refractivity (Wildman–Crippen MR) is 117 cm³/mol. The van der Waals surface area contributed by atoms with Gasteiger partial charge in [0.1, 0.15) is 18.4 Å². The molecule has 0 aliphatic heterocycles. The van der Waals surface area contributed by atoms with Gasteiger partial charge in [0.25, 0.3) is 5.91 Å². The molecular weight excluding hydrogens is 386 g/mol. The van der Waals surface area contributed by atoms with Crippen molar-refractivity contribution in [3.05, 3.63) is 47.7 Å². The third-order valence-electron chi connectivity index (χ3n) is 3.77. The summed E-state index contributed by atoms with van der Waals surface area (Å²) in [5.74, 6) is -0.0436. The van der Waals surface area contributed by atoms with E-state index in [1.54, 1.807) is 0 Å². The fourth-order valence-electron chi connectivity index (χ4n) is 2.28. The lowest BCUT2D eigenvalue weighted by Crippen LogP contribution is -2.30. The van der Waals surface area contributed by atoms with Crippen LogP contribution in [0.4, 0.5) is 5.82 Å². The number of hydrogen-bond acceptors (Lipinski definition) is 6. The minimum absolute atomic E-state index is 0.0540. The number of nitrogens with zero attached hydrogens (tertiary/aromatic N) is 5. The number of aliphatic imine (C=N–C) groups is 2. The molecule has 2 aromatic rings. The molecule has 0 spiro atoms. The van der Waals surface area contributed by atoms with Gasteiger partial charge in [0.2, 0.25) is 0 Å². The Labute approximate surface area is 175 Å². The second kappa shape index (κ2) is 13.6. The lowest BCUT2D eigenvalue weighted by atomic mass is 10.2. The van der Waals surface area contributed by atoms with Crippen molar-refractivity contribution < 1.29 is 14.7 Å². The number of benzene rings is 1. The largest absolute Gasteiger partial charge is 0.390 e. The Hall–Kier alpha value is -3.53. The number of primary amides is 1. The van der Waals surface area contributed by atoms with Gasteiger partial charge in [-0.05, 0) is 12.0 Å². The average Bonchev–Trinajstić information content (AvgIpc) is 3.16. The maximum Gasteiger partial charge on any atom is 0.283 e. The SMILES string of the molecule is CN(C)c1cc(CO)nn1CCCC=O.NC(=O)C(N)=NC=NCc1ccccc1. The summed E-state index contributed by atoms with van der Waals surface area (Å²) in [5, 5.41) is 13.2. The molecule has 0 atom stereocenters. The lowest BCUT2D eigenvalue weighted by molar-refractivity contribution is -0.112. The van der Waals surface area contributed by atoms with Crippen LogP contribution in [0.15, 0.2) is 46.4 Å². The second-order valence-corrected chi connectivity index (χ2v) is 6.40. The zero-order valence-corrected chi connectivity index (χ0v) is 17.3. The number of rotatable bonds is 9. The van der Waals surface area contributed by atoms with Crippen LogP contribution in [0, 0.1) is 0 Å². The van der Waals surface area contributed by atoms with E-state index < -0.39 is 5.91 Å². The fraction of sp³-hybridized carbons (Fsp3) is 0.350. The summed E-state index contributed by atoms with van der Waals surface area (Å²) >= 11 is 0. The number of hydrogen-bond donors (Lipinski definition) is 3. The molecule has 5 N–H and O–H groups in total. The highest BCUT2D eigenvalue weighted by Crippen LogP contribution is 2.14. The van der Waals surface area contributed by atoms with E-state index in [0.717, 1.165) is 24.1 Å². The first-order valence-corrected chi connectivity index (χ1v) is 9.32. The maximum absolute atomic E-state index is 10.5. The van der Waals surface area contributed by atoms with Gasteiger partial charge in [-0.2, -0.15) is 5.10 Å². The number of aromatic nitrogens is 2. The molecule has 0 saturated heterocycles. The number of unbranched alkanes of at least 4 members (excludes halogenated alkanes) is 1. The summed E-state index contributed by atoms with van der Waals surface area (Å²) in [4.78, 5) is 30.1. The number of amidine groups is 1. The second-order valence-electron chi connectivity index (χ2n) is 6.40. The third-order valence-corrected chi connectivity index (χ3v) is 3.77. The number of nitrogens with two attached hydrogens (primary N) is 2. The van der Waals surface area contributed by atoms with E-state index >= 15 is 0 Å². The van der Waals surface area contributed by atoms with E-state index in [1.165, 1.54) is 6.34 Å². The van der Waals surface area contributed by atoms with Crippen LogP contribution >= 0.6 is 0 Å². The van der Waals surface area contributed by atoms with E-state index in [2.05, 4.69) is 15.1 Å². The summed E-state index contributed by atoms with van der Waals surface area (Å²) in [6.45, 7) is 1.14. The Bertz CT molecular complexity index is 845. The van der Waals surface area contributed by atoms with Crippen molar-refractivity contribution in [2.75, 3.05) is 19.0 Å². The molecule has 1 heterocycles. The van der Waals surface area contributed by atoms with Crippen LogP contribution in [0.25, 0.3) is 0 Å². The minimum atomic E-state index is -0.749. The Balaban J connectivity index is 0.000000300. The van der Waals surface area contributed by atoms with Crippen LogP contribution in [0.2, 0.25) is 0 Å². The third kappa shape index (κ3) is 9.11. The van der Waals surface area contributed by atoms with Crippen molar-refractivity contribution in [1.29, 1.82) is 0 Å². The van der Waals surface area contributed by atoms with Crippen molar-refractivity contribution in [1.82, 2.24) is 9.78 Å². The van der Waals surface area contributed by atoms with Gasteiger partial charge in [-0.15, -0.1) is 0 Å². The van der Waals surface area contributed by atoms with Crippen LogP contribution in [-0.2, 0) is 29.3 Å². The van der Waals surface area contributed by atoms with Gasteiger partial charge in [-0.3, -0.25) is 9.79 Å². The highest BCUT2D eigenvalue weighted by Gasteiger charge is 2.08. The molecule has 0 unspecified atom stereocenters. The minimum Gasteiger partial charge on any atom is -0.390 e. The first kappa shape index (κ1) is 24.5. The van der Waals surface area contributed by atoms with Gasteiger partial charge in [-0.25, -0.2) is 9.67 Å². The number of carbonyl (C=O) groups is 2. The van der Waals surface area contributed by atoms with E-state index in [0.29, 0.717) is 25.2 Å². The van der Waals surface area contributed by atoms with E-state index in [9.17, 15) is 9.59 Å². The van der Waals surface area contributed by atoms with Gasteiger partial charge in [-0.1, -0.05) is 30.3 Å². The molecule has 162 valence electrons. The Morgan fingerprint density at radius 2 is 1.97 bits per heavy atom. The Kier molecular flexibility index (Phi) is 11.1. The molecule has 0 radical (unpaired) electrons. The molecule has 0 aliphatic rings. The molecule has 0 aliphatic carbocycles. The highest BCUT2D eigenvalue weighted by atomic mass is 16.3. The van der Waals surface area contributed by atoms with Gasteiger partial charge < -0.3 is 26.3 Å². The molecule has 1 aromatic heterocycles. The van der Waals surface area contributed by atoms with Crippen LogP contribution < -0.4 is 16.4 Å². The molecule has 0 fully saturated rings. The normalized spacial score (nSPS) is 11.1. The van der Waals surface area contributed by atoms with Gasteiger partial charge in [0.05, 0.1) is 18.8 Å². The predicted octanol–water partition coefficient (Wildman–Crippen LogP) is 0.478. The fourth-order valence-corrected chi connectivity index (χ4v) is 2.28. The summed E-state index contributed by atoms with van der Waals surface area (Å²) in [6.07, 6.45) is 3.46. The monoisotopic (exact) mass is 415 g/mol. The smallest absolute Gasteiger partial charge is 0.283 e. The maximum atomic E-state index is 10.5. The van der Waals surface area contributed by atoms with Crippen LogP contribution in [0.1, 0.15) is 24.1 Å². The van der Waals surface area contributed by atoms with E-state index in [-0.39, 0.29) is 12.4 Å². The van der Waals surface area contributed by atoms with Crippen LogP contribution in [0.3, 0.4) is 0 Å². The molecule has 0 saturated carbocycles.